The lowest BCUT2D eigenvalue weighted by Crippen LogP contribution is -2.47. The maximum absolute atomic E-state index is 12.3. The van der Waals surface area contributed by atoms with Gasteiger partial charge >= 0.3 is 0 Å². The largest absolute Gasteiger partial charge is 0.383 e. The van der Waals surface area contributed by atoms with E-state index in [1.54, 1.807) is 19.2 Å². The third-order valence-electron chi connectivity index (χ3n) is 4.37. The van der Waals surface area contributed by atoms with Gasteiger partial charge in [-0.1, -0.05) is 23.7 Å². The average Bonchev–Trinajstić information content (AvgIpc) is 2.68. The highest BCUT2D eigenvalue weighted by Crippen LogP contribution is 2.31. The molecule has 8 nitrogen and oxygen atoms in total. The summed E-state index contributed by atoms with van der Waals surface area (Å²) >= 11 is 6.14. The molecule has 0 atom stereocenters. The van der Waals surface area contributed by atoms with Crippen molar-refractivity contribution in [1.82, 2.24) is 14.7 Å². The zero-order chi connectivity index (χ0) is 18.7. The van der Waals surface area contributed by atoms with E-state index in [4.69, 9.17) is 11.6 Å². The number of sulfonamides is 1. The van der Waals surface area contributed by atoms with Crippen molar-refractivity contribution in [1.29, 1.82) is 0 Å². The summed E-state index contributed by atoms with van der Waals surface area (Å²) in [6.07, 6.45) is 1.44. The number of anilines is 3. The second kappa shape index (κ2) is 7.65. The van der Waals surface area contributed by atoms with E-state index in [1.165, 1.54) is 13.4 Å². The molecule has 0 amide bonds. The molecule has 2 aromatic rings. The van der Waals surface area contributed by atoms with Gasteiger partial charge in [0.2, 0.25) is 10.0 Å². The van der Waals surface area contributed by atoms with Crippen LogP contribution in [0.3, 0.4) is 0 Å². The van der Waals surface area contributed by atoms with Crippen molar-refractivity contribution in [2.45, 2.75) is 4.90 Å². The van der Waals surface area contributed by atoms with Crippen molar-refractivity contribution in [2.24, 2.45) is 0 Å². The van der Waals surface area contributed by atoms with Gasteiger partial charge in [-0.2, -0.15) is 0 Å². The lowest BCUT2D eigenvalue weighted by atomic mass is 10.2. The first-order chi connectivity index (χ1) is 12.5. The van der Waals surface area contributed by atoms with Gasteiger partial charge in [0.15, 0.2) is 11.0 Å². The van der Waals surface area contributed by atoms with Gasteiger partial charge in [-0.05, 0) is 19.2 Å². The quantitative estimate of drug-likeness (QED) is 0.738. The Kier molecular flexibility index (Phi) is 5.49. The summed E-state index contributed by atoms with van der Waals surface area (Å²) in [5.74, 6) is 0.753. The van der Waals surface area contributed by atoms with Crippen molar-refractivity contribution < 1.29 is 8.42 Å². The standard InChI is InChI=1S/C16H21ClN6O2S/c1-18-14-15(17)20-11-21-16(14)23-9-7-22(8-10-23)12-5-3-4-6-13(12)26(24,25)19-2/h3-6,11,18-19H,7-10H2,1-2H3. The number of hydrogen-bond donors (Lipinski definition) is 2. The fourth-order valence-corrected chi connectivity index (χ4v) is 4.20. The molecule has 0 unspecified atom stereocenters. The third-order valence-corrected chi connectivity index (χ3v) is 6.12. The molecule has 0 radical (unpaired) electrons. The van der Waals surface area contributed by atoms with Gasteiger partial charge in [-0.25, -0.2) is 23.1 Å². The van der Waals surface area contributed by atoms with Gasteiger partial charge in [0, 0.05) is 33.2 Å². The summed E-state index contributed by atoms with van der Waals surface area (Å²) in [7, 11) is -0.314. The first kappa shape index (κ1) is 18.7. The molecule has 1 fully saturated rings. The van der Waals surface area contributed by atoms with Crippen LogP contribution in [0.1, 0.15) is 0 Å². The van der Waals surface area contributed by atoms with E-state index in [1.807, 2.05) is 12.1 Å². The second-order valence-electron chi connectivity index (χ2n) is 5.76. The number of aromatic nitrogens is 2. The summed E-state index contributed by atoms with van der Waals surface area (Å²) in [5, 5.41) is 3.42. The molecule has 3 rings (SSSR count). The fraction of sp³-hybridized carbons (Fsp3) is 0.375. The highest BCUT2D eigenvalue weighted by atomic mass is 35.5. The van der Waals surface area contributed by atoms with Gasteiger partial charge in [-0.3, -0.25) is 0 Å². The molecule has 0 spiro atoms. The van der Waals surface area contributed by atoms with Crippen LogP contribution in [0.5, 0.6) is 0 Å². The molecule has 0 saturated carbocycles. The summed E-state index contributed by atoms with van der Waals surface area (Å²) in [6.45, 7) is 2.72. The number of halogens is 1. The molecule has 1 aliphatic rings. The highest BCUT2D eigenvalue weighted by Gasteiger charge is 2.25. The van der Waals surface area contributed by atoms with Crippen molar-refractivity contribution in [2.75, 3.05) is 55.4 Å². The van der Waals surface area contributed by atoms with Gasteiger partial charge in [0.25, 0.3) is 0 Å². The summed E-state index contributed by atoms with van der Waals surface area (Å²) < 4.78 is 27.0. The minimum Gasteiger partial charge on any atom is -0.383 e. The number of piperazine rings is 1. The average molecular weight is 397 g/mol. The smallest absolute Gasteiger partial charge is 0.242 e. The van der Waals surface area contributed by atoms with Crippen LogP contribution < -0.4 is 19.8 Å². The van der Waals surface area contributed by atoms with Crippen LogP contribution in [0.2, 0.25) is 5.15 Å². The zero-order valence-corrected chi connectivity index (χ0v) is 16.2. The molecular weight excluding hydrogens is 376 g/mol. The molecule has 2 N–H and O–H groups in total. The van der Waals surface area contributed by atoms with Crippen molar-refractivity contribution in [3.63, 3.8) is 0 Å². The van der Waals surface area contributed by atoms with Crippen molar-refractivity contribution in [3.05, 3.63) is 35.7 Å². The lowest BCUT2D eigenvalue weighted by molar-refractivity contribution is 0.586. The van der Waals surface area contributed by atoms with Crippen LogP contribution in [0.4, 0.5) is 17.2 Å². The Morgan fingerprint density at radius 2 is 1.69 bits per heavy atom. The number of benzene rings is 1. The number of nitrogens with one attached hydrogen (secondary N) is 2. The molecule has 140 valence electrons. The molecule has 1 saturated heterocycles. The highest BCUT2D eigenvalue weighted by molar-refractivity contribution is 7.89. The molecule has 1 aromatic heterocycles. The Labute approximate surface area is 158 Å². The van der Waals surface area contributed by atoms with E-state index in [2.05, 4.69) is 29.8 Å². The van der Waals surface area contributed by atoms with Crippen molar-refractivity contribution >= 4 is 38.8 Å². The number of para-hydroxylation sites is 1. The number of rotatable bonds is 5. The Bertz CT molecular complexity index is 884. The molecular formula is C16H21ClN6O2S. The second-order valence-corrected chi connectivity index (χ2v) is 7.98. The van der Waals surface area contributed by atoms with Gasteiger partial charge < -0.3 is 15.1 Å². The molecule has 2 heterocycles. The zero-order valence-electron chi connectivity index (χ0n) is 14.6. The topological polar surface area (TPSA) is 90.5 Å². The molecule has 1 aromatic carbocycles. The summed E-state index contributed by atoms with van der Waals surface area (Å²) in [6, 6.07) is 7.03. The van der Waals surface area contributed by atoms with E-state index in [9.17, 15) is 8.42 Å². The van der Waals surface area contributed by atoms with Gasteiger partial charge in [0.1, 0.15) is 16.9 Å². The van der Waals surface area contributed by atoms with E-state index >= 15 is 0 Å². The molecule has 26 heavy (non-hydrogen) atoms. The minimum atomic E-state index is -3.51. The van der Waals surface area contributed by atoms with E-state index in [0.29, 0.717) is 42.7 Å². The first-order valence-electron chi connectivity index (χ1n) is 8.18. The molecule has 0 aliphatic carbocycles. The SMILES string of the molecule is CNc1c(Cl)ncnc1N1CCN(c2ccccc2S(=O)(=O)NC)CC1. The van der Waals surface area contributed by atoms with Gasteiger partial charge in [-0.15, -0.1) is 0 Å². The Morgan fingerprint density at radius 1 is 1.04 bits per heavy atom. The van der Waals surface area contributed by atoms with E-state index < -0.39 is 10.0 Å². The van der Waals surface area contributed by atoms with Crippen molar-refractivity contribution in [3.8, 4) is 0 Å². The molecule has 10 heteroatoms. The summed E-state index contributed by atoms with van der Waals surface area (Å²) in [5.41, 5.74) is 1.40. The van der Waals surface area contributed by atoms with Crippen LogP contribution in [-0.2, 0) is 10.0 Å². The Balaban J connectivity index is 1.82. The van der Waals surface area contributed by atoms with Crippen LogP contribution in [0, 0.1) is 0 Å². The molecule has 0 bridgehead atoms. The lowest BCUT2D eigenvalue weighted by Gasteiger charge is -2.37. The Hall–Kier alpha value is -2.10. The normalized spacial score (nSPS) is 15.2. The molecule has 1 aliphatic heterocycles. The first-order valence-corrected chi connectivity index (χ1v) is 10.0. The maximum atomic E-state index is 12.3. The summed E-state index contributed by atoms with van der Waals surface area (Å²) in [4.78, 5) is 12.8. The fourth-order valence-electron chi connectivity index (χ4n) is 3.03. The minimum absolute atomic E-state index is 0.289. The Morgan fingerprint density at radius 3 is 2.35 bits per heavy atom. The van der Waals surface area contributed by atoms with Crippen LogP contribution in [0.15, 0.2) is 35.5 Å². The van der Waals surface area contributed by atoms with Crippen LogP contribution >= 0.6 is 11.6 Å². The van der Waals surface area contributed by atoms with E-state index in [-0.39, 0.29) is 4.90 Å². The number of hydrogen-bond acceptors (Lipinski definition) is 7. The predicted molar refractivity (Wildman–Crippen MR) is 104 cm³/mol. The monoisotopic (exact) mass is 396 g/mol. The maximum Gasteiger partial charge on any atom is 0.242 e. The number of nitrogens with zero attached hydrogens (tertiary/aromatic N) is 4. The van der Waals surface area contributed by atoms with E-state index in [0.717, 1.165) is 5.82 Å². The van der Waals surface area contributed by atoms with Crippen LogP contribution in [0.25, 0.3) is 0 Å². The third kappa shape index (κ3) is 3.55. The predicted octanol–water partition coefficient (Wildman–Crippen LogP) is 1.41. The van der Waals surface area contributed by atoms with Crippen LogP contribution in [-0.4, -0.2) is 58.7 Å². The van der Waals surface area contributed by atoms with Gasteiger partial charge in [0.05, 0.1) is 5.69 Å².